The van der Waals surface area contributed by atoms with Crippen LogP contribution in [0.4, 0.5) is 0 Å². The number of phenolic OH excluding ortho intramolecular Hbond substituents is 1. The Morgan fingerprint density at radius 3 is 2.67 bits per heavy atom. The molecule has 18 heavy (non-hydrogen) atoms. The molecule has 0 spiro atoms. The fourth-order valence-corrected chi connectivity index (χ4v) is 1.34. The molecule has 1 aromatic rings. The lowest BCUT2D eigenvalue weighted by Gasteiger charge is -2.07. The van der Waals surface area contributed by atoms with Crippen LogP contribution in [0.2, 0.25) is 0 Å². The van der Waals surface area contributed by atoms with Gasteiger partial charge in [0.25, 0.3) is 5.91 Å². The molecular weight excluding hydrogens is 236 g/mol. The molecule has 0 saturated heterocycles. The van der Waals surface area contributed by atoms with Gasteiger partial charge in [0.15, 0.2) is 0 Å². The van der Waals surface area contributed by atoms with Crippen LogP contribution in [0.25, 0.3) is 0 Å². The molecule has 0 radical (unpaired) electrons. The van der Waals surface area contributed by atoms with Crippen molar-refractivity contribution in [2.45, 2.75) is 6.42 Å². The Bertz CT molecular complexity index is 446. The summed E-state index contributed by atoms with van der Waals surface area (Å²) >= 11 is 0. The Morgan fingerprint density at radius 2 is 2.11 bits per heavy atom. The van der Waals surface area contributed by atoms with Gasteiger partial charge in [0.2, 0.25) is 5.91 Å². The largest absolute Gasteiger partial charge is 0.507 e. The number of aromatic hydroxyl groups is 1. The van der Waals surface area contributed by atoms with Gasteiger partial charge in [0.1, 0.15) is 11.5 Å². The SMILES string of the molecule is CNC(=O)CCNC(=O)c1ccc(OC)cc1O. The van der Waals surface area contributed by atoms with Crippen LogP contribution >= 0.6 is 0 Å². The quantitative estimate of drug-likeness (QED) is 0.701. The van der Waals surface area contributed by atoms with Crippen molar-refractivity contribution in [2.24, 2.45) is 0 Å². The average Bonchev–Trinajstić information content (AvgIpc) is 2.37. The number of methoxy groups -OCH3 is 1. The molecule has 0 unspecified atom stereocenters. The van der Waals surface area contributed by atoms with Gasteiger partial charge in [-0.3, -0.25) is 9.59 Å². The fourth-order valence-electron chi connectivity index (χ4n) is 1.34. The normalized spacial score (nSPS) is 9.67. The topological polar surface area (TPSA) is 87.7 Å². The van der Waals surface area contributed by atoms with Crippen LogP contribution in [-0.2, 0) is 4.79 Å². The second-order valence-corrected chi connectivity index (χ2v) is 3.56. The highest BCUT2D eigenvalue weighted by molar-refractivity contribution is 5.97. The molecule has 98 valence electrons. The molecule has 0 aliphatic rings. The number of hydrogen-bond donors (Lipinski definition) is 3. The molecule has 0 bridgehead atoms. The number of phenols is 1. The van der Waals surface area contributed by atoms with Crippen LogP contribution in [0.15, 0.2) is 18.2 Å². The highest BCUT2D eigenvalue weighted by Gasteiger charge is 2.11. The zero-order valence-electron chi connectivity index (χ0n) is 10.3. The van der Waals surface area contributed by atoms with E-state index in [4.69, 9.17) is 4.74 Å². The van der Waals surface area contributed by atoms with Gasteiger partial charge in [-0.2, -0.15) is 0 Å². The number of benzene rings is 1. The number of rotatable bonds is 5. The van der Waals surface area contributed by atoms with E-state index in [1.54, 1.807) is 6.07 Å². The molecule has 1 aromatic carbocycles. The zero-order chi connectivity index (χ0) is 13.5. The third-order valence-electron chi connectivity index (χ3n) is 2.37. The van der Waals surface area contributed by atoms with E-state index in [1.807, 2.05) is 0 Å². The van der Waals surface area contributed by atoms with Crippen molar-refractivity contribution < 1.29 is 19.4 Å². The summed E-state index contributed by atoms with van der Waals surface area (Å²) in [5, 5.41) is 14.6. The Morgan fingerprint density at radius 1 is 1.39 bits per heavy atom. The van der Waals surface area contributed by atoms with Crippen molar-refractivity contribution in [1.82, 2.24) is 10.6 Å². The molecule has 1 rings (SSSR count). The Labute approximate surface area is 105 Å². The maximum atomic E-state index is 11.7. The van der Waals surface area contributed by atoms with Gasteiger partial charge in [0, 0.05) is 26.1 Å². The number of carbonyl (C=O) groups excluding carboxylic acids is 2. The minimum absolute atomic E-state index is 0.146. The molecule has 0 saturated carbocycles. The molecule has 3 N–H and O–H groups in total. The van der Waals surface area contributed by atoms with E-state index < -0.39 is 5.91 Å². The summed E-state index contributed by atoms with van der Waals surface area (Å²) in [7, 11) is 3.00. The Balaban J connectivity index is 2.59. The van der Waals surface area contributed by atoms with Gasteiger partial charge in [-0.1, -0.05) is 0 Å². The first kappa shape index (κ1) is 13.8. The van der Waals surface area contributed by atoms with Gasteiger partial charge in [-0.25, -0.2) is 0 Å². The van der Waals surface area contributed by atoms with E-state index in [1.165, 1.54) is 26.3 Å². The molecule has 2 amide bonds. The highest BCUT2D eigenvalue weighted by Crippen LogP contribution is 2.23. The predicted molar refractivity (Wildman–Crippen MR) is 65.7 cm³/mol. The smallest absolute Gasteiger partial charge is 0.255 e. The van der Waals surface area contributed by atoms with Crippen LogP contribution in [-0.4, -0.2) is 37.6 Å². The molecule has 0 aliphatic carbocycles. The zero-order valence-corrected chi connectivity index (χ0v) is 10.3. The summed E-state index contributed by atoms with van der Waals surface area (Å²) in [6, 6.07) is 4.39. The third kappa shape index (κ3) is 3.65. The van der Waals surface area contributed by atoms with Crippen LogP contribution in [0.1, 0.15) is 16.8 Å². The summed E-state index contributed by atoms with van der Waals surface area (Å²) in [4.78, 5) is 22.6. The Hall–Kier alpha value is -2.24. The third-order valence-corrected chi connectivity index (χ3v) is 2.37. The minimum atomic E-state index is -0.431. The second-order valence-electron chi connectivity index (χ2n) is 3.56. The number of amides is 2. The van der Waals surface area contributed by atoms with E-state index >= 15 is 0 Å². The van der Waals surface area contributed by atoms with E-state index in [0.29, 0.717) is 5.75 Å². The minimum Gasteiger partial charge on any atom is -0.507 e. The van der Waals surface area contributed by atoms with Gasteiger partial charge in [0.05, 0.1) is 12.7 Å². The monoisotopic (exact) mass is 252 g/mol. The molecule has 0 heterocycles. The van der Waals surface area contributed by atoms with E-state index in [-0.39, 0.29) is 30.2 Å². The van der Waals surface area contributed by atoms with Crippen molar-refractivity contribution in [2.75, 3.05) is 20.7 Å². The van der Waals surface area contributed by atoms with Crippen LogP contribution in [0.3, 0.4) is 0 Å². The summed E-state index contributed by atoms with van der Waals surface area (Å²) in [6.07, 6.45) is 0.194. The summed E-state index contributed by atoms with van der Waals surface area (Å²) < 4.78 is 4.91. The second kappa shape index (κ2) is 6.48. The molecule has 0 atom stereocenters. The summed E-state index contributed by atoms with van der Waals surface area (Å²) in [6.45, 7) is 0.212. The summed E-state index contributed by atoms with van der Waals surface area (Å²) in [5.74, 6) is -0.283. The molecule has 0 fully saturated rings. The maximum Gasteiger partial charge on any atom is 0.255 e. The van der Waals surface area contributed by atoms with Crippen LogP contribution in [0, 0.1) is 0 Å². The number of hydrogen-bond acceptors (Lipinski definition) is 4. The standard InChI is InChI=1S/C12H16N2O4/c1-13-11(16)5-6-14-12(17)9-4-3-8(18-2)7-10(9)15/h3-4,7,15H,5-6H2,1-2H3,(H,13,16)(H,14,17). The first-order valence-electron chi connectivity index (χ1n) is 5.44. The average molecular weight is 252 g/mol. The molecule has 0 aliphatic heterocycles. The van der Waals surface area contributed by atoms with Crippen LogP contribution < -0.4 is 15.4 Å². The first-order valence-corrected chi connectivity index (χ1v) is 5.44. The van der Waals surface area contributed by atoms with Crippen LogP contribution in [0.5, 0.6) is 11.5 Å². The highest BCUT2D eigenvalue weighted by atomic mass is 16.5. The van der Waals surface area contributed by atoms with Crippen molar-refractivity contribution in [3.8, 4) is 11.5 Å². The van der Waals surface area contributed by atoms with Gasteiger partial charge in [-0.05, 0) is 12.1 Å². The van der Waals surface area contributed by atoms with Gasteiger partial charge in [-0.15, -0.1) is 0 Å². The first-order chi connectivity index (χ1) is 8.58. The van der Waals surface area contributed by atoms with E-state index in [0.717, 1.165) is 0 Å². The molecule has 0 aromatic heterocycles. The Kier molecular flexibility index (Phi) is 4.98. The van der Waals surface area contributed by atoms with Crippen molar-refractivity contribution in [3.63, 3.8) is 0 Å². The number of carbonyl (C=O) groups is 2. The lowest BCUT2D eigenvalue weighted by Crippen LogP contribution is -2.29. The lowest BCUT2D eigenvalue weighted by molar-refractivity contribution is -0.120. The molecular formula is C12H16N2O4. The van der Waals surface area contributed by atoms with E-state index in [2.05, 4.69) is 10.6 Å². The van der Waals surface area contributed by atoms with Crippen molar-refractivity contribution in [1.29, 1.82) is 0 Å². The van der Waals surface area contributed by atoms with Crippen molar-refractivity contribution >= 4 is 11.8 Å². The maximum absolute atomic E-state index is 11.7. The number of nitrogens with one attached hydrogen (secondary N) is 2. The number of ether oxygens (including phenoxy) is 1. The fraction of sp³-hybridized carbons (Fsp3) is 0.333. The molecule has 6 heteroatoms. The van der Waals surface area contributed by atoms with Gasteiger partial charge >= 0.3 is 0 Å². The lowest BCUT2D eigenvalue weighted by atomic mass is 10.1. The molecule has 6 nitrogen and oxygen atoms in total. The summed E-state index contributed by atoms with van der Waals surface area (Å²) in [5.41, 5.74) is 0.146. The van der Waals surface area contributed by atoms with E-state index in [9.17, 15) is 14.7 Å². The predicted octanol–water partition coefficient (Wildman–Crippen LogP) is 0.267. The van der Waals surface area contributed by atoms with Gasteiger partial charge < -0.3 is 20.5 Å². The van der Waals surface area contributed by atoms with Crippen molar-refractivity contribution in [3.05, 3.63) is 23.8 Å².